The van der Waals surface area contributed by atoms with E-state index >= 15 is 4.79 Å². The van der Waals surface area contributed by atoms with Gasteiger partial charge in [0.2, 0.25) is 11.8 Å². The minimum Gasteiger partial charge on any atom is -0.481 e. The van der Waals surface area contributed by atoms with E-state index < -0.39 is 22.8 Å². The first-order valence-corrected chi connectivity index (χ1v) is 22.7. The van der Waals surface area contributed by atoms with Crippen LogP contribution >= 0.6 is 0 Å². The van der Waals surface area contributed by atoms with E-state index in [1.165, 1.54) is 12.0 Å². The van der Waals surface area contributed by atoms with Crippen molar-refractivity contribution in [2.45, 2.75) is 178 Å². The number of amides is 2. The number of hydrogen-bond acceptors (Lipinski definition) is 5. The third kappa shape index (κ3) is 6.07. The summed E-state index contributed by atoms with van der Waals surface area (Å²) in [5, 5.41) is 13.3. The van der Waals surface area contributed by atoms with Crippen molar-refractivity contribution in [3.63, 3.8) is 0 Å². The van der Waals surface area contributed by atoms with E-state index in [1.54, 1.807) is 13.8 Å². The van der Waals surface area contributed by atoms with Gasteiger partial charge in [-0.3, -0.25) is 19.2 Å². The zero-order chi connectivity index (χ0) is 41.0. The van der Waals surface area contributed by atoms with Gasteiger partial charge < -0.3 is 20.1 Å². The van der Waals surface area contributed by atoms with Gasteiger partial charge in [0.1, 0.15) is 6.10 Å². The van der Waals surface area contributed by atoms with Crippen molar-refractivity contribution in [2.24, 2.45) is 73.4 Å². The Hall–Kier alpha value is -2.38. The number of allylic oxidation sites excluding steroid dienone is 1. The van der Waals surface area contributed by atoms with E-state index in [9.17, 15) is 19.5 Å². The Balaban J connectivity index is 1.10. The van der Waals surface area contributed by atoms with Gasteiger partial charge in [-0.05, 0) is 162 Å². The van der Waals surface area contributed by atoms with Gasteiger partial charge in [0, 0.05) is 30.5 Å². The molecule has 1 heterocycles. The van der Waals surface area contributed by atoms with Gasteiger partial charge in [0.15, 0.2) is 0 Å². The summed E-state index contributed by atoms with van der Waals surface area (Å²) in [5.41, 5.74) is -0.492. The monoisotopic (exact) mass is 777 g/mol. The third-order valence-corrected chi connectivity index (χ3v) is 19.4. The Bertz CT molecular complexity index is 1630. The summed E-state index contributed by atoms with van der Waals surface area (Å²) in [4.78, 5) is 55.6. The first-order valence-electron chi connectivity index (χ1n) is 22.7. The molecule has 5 unspecified atom stereocenters. The van der Waals surface area contributed by atoms with Crippen LogP contribution in [0.15, 0.2) is 12.2 Å². The Morgan fingerprint density at radius 2 is 1.48 bits per heavy atom. The molecule has 8 nitrogen and oxygen atoms in total. The molecule has 2 amide bonds. The first-order chi connectivity index (χ1) is 26.0. The number of piperidine rings is 1. The number of hydrogen-bond donors (Lipinski definition) is 2. The lowest BCUT2D eigenvalue weighted by Crippen LogP contribution is -2.68. The number of carboxylic acids is 1. The lowest BCUT2D eigenvalue weighted by molar-refractivity contribution is -0.249. The molecule has 7 fully saturated rings. The summed E-state index contributed by atoms with van der Waals surface area (Å²) in [6.45, 7) is 28.5. The predicted molar refractivity (Wildman–Crippen MR) is 219 cm³/mol. The van der Waals surface area contributed by atoms with Crippen LogP contribution in [0.2, 0.25) is 0 Å². The maximum atomic E-state index is 15.0. The largest absolute Gasteiger partial charge is 0.481 e. The Morgan fingerprint density at radius 3 is 2.11 bits per heavy atom. The zero-order valence-electron chi connectivity index (χ0n) is 36.8. The molecule has 1 aliphatic heterocycles. The van der Waals surface area contributed by atoms with Crippen LogP contribution < -0.4 is 5.32 Å². The van der Waals surface area contributed by atoms with Crippen LogP contribution in [0, 0.1) is 73.4 Å². The molecule has 0 radical (unpaired) electrons. The summed E-state index contributed by atoms with van der Waals surface area (Å²) in [7, 11) is 0. The number of aliphatic carboxylic acids is 1. The van der Waals surface area contributed by atoms with Gasteiger partial charge in [0.05, 0.1) is 17.3 Å². The highest BCUT2D eigenvalue weighted by Crippen LogP contribution is 2.77. The number of esters is 1. The van der Waals surface area contributed by atoms with Crippen molar-refractivity contribution in [3.8, 4) is 0 Å². The molecule has 8 heteroatoms. The minimum atomic E-state index is -1.16. The van der Waals surface area contributed by atoms with E-state index in [0.29, 0.717) is 29.6 Å². The Kier molecular flexibility index (Phi) is 10.3. The fourth-order valence-corrected chi connectivity index (χ4v) is 15.6. The topological polar surface area (TPSA) is 113 Å². The Morgan fingerprint density at radius 1 is 0.804 bits per heavy atom. The van der Waals surface area contributed by atoms with Crippen LogP contribution in [0.3, 0.4) is 0 Å². The second-order valence-corrected chi connectivity index (χ2v) is 23.1. The molecule has 6 aliphatic carbocycles. The highest BCUT2D eigenvalue weighted by molar-refractivity contribution is 5.86. The van der Waals surface area contributed by atoms with Gasteiger partial charge in [-0.1, -0.05) is 60.6 Å². The average Bonchev–Trinajstić information content (AvgIpc) is 3.53. The fraction of sp³-hybridized carbons (Fsp3) is 0.875. The number of carbonyl (C=O) groups is 4. The van der Waals surface area contributed by atoms with Crippen LogP contribution in [0.4, 0.5) is 0 Å². The second kappa shape index (κ2) is 13.8. The van der Waals surface area contributed by atoms with E-state index in [0.717, 1.165) is 96.6 Å². The number of nitrogens with one attached hydrogen (secondary N) is 1. The van der Waals surface area contributed by atoms with E-state index in [1.807, 2.05) is 0 Å². The molecule has 314 valence electrons. The number of carboxylic acid groups (broad SMARTS) is 1. The SMILES string of the molecule is C=C(C)[C@@H]1CC[C@]2(C(=O)NC3C[C@H](C(=O)N4CCCCC4)C3(C)C)CC[C@]3(C)C(CCC4[C@@]5(C)CC[C@H](OC(=O)CC(C)(C)C(=O)O)C(C)(C)C5CC[C@]43C)C12. The van der Waals surface area contributed by atoms with Gasteiger partial charge in [0.25, 0.3) is 0 Å². The molecule has 0 aromatic heterocycles. The molecule has 0 bridgehead atoms. The molecule has 1 saturated heterocycles. The standard InChI is InChI=1S/C48H76N2O6/c1-29(2)30-17-22-48(40(53)49-35-27-32(43(35,5)6)39(52)50-25-13-12-14-26-50)24-23-46(10)31(38(30)48)15-16-34-45(9)20-19-36(56-37(51)28-42(3,4)41(54)55)44(7,8)33(45)18-21-47(34,46)11/h30-36,38H,1,12-28H2,2-11H3,(H,49,53)(H,54,55)/t30-,31?,32+,33?,34?,35?,36-,38?,45-,46+,47+,48-/m0/s1. The molecule has 12 atom stereocenters. The molecular weight excluding hydrogens is 701 g/mol. The molecule has 56 heavy (non-hydrogen) atoms. The summed E-state index contributed by atoms with van der Waals surface area (Å²) >= 11 is 0. The van der Waals surface area contributed by atoms with Crippen molar-refractivity contribution in [3.05, 3.63) is 12.2 Å². The van der Waals surface area contributed by atoms with Crippen LogP contribution in [-0.4, -0.2) is 59.0 Å². The van der Waals surface area contributed by atoms with Gasteiger partial charge >= 0.3 is 11.9 Å². The lowest BCUT2D eigenvalue weighted by Gasteiger charge is -2.73. The van der Waals surface area contributed by atoms with Crippen LogP contribution in [0.25, 0.3) is 0 Å². The maximum Gasteiger partial charge on any atom is 0.309 e. The molecule has 6 saturated carbocycles. The second-order valence-electron chi connectivity index (χ2n) is 23.1. The quantitative estimate of drug-likeness (QED) is 0.188. The lowest BCUT2D eigenvalue weighted by atomic mass is 9.32. The summed E-state index contributed by atoms with van der Waals surface area (Å²) in [6, 6.07) is 0.0193. The zero-order valence-corrected chi connectivity index (χ0v) is 36.8. The summed E-state index contributed by atoms with van der Waals surface area (Å²) < 4.78 is 6.20. The molecule has 2 N–H and O–H groups in total. The molecular formula is C48H76N2O6. The van der Waals surface area contributed by atoms with Gasteiger partial charge in [-0.15, -0.1) is 0 Å². The van der Waals surface area contributed by atoms with Crippen molar-refractivity contribution < 1.29 is 29.0 Å². The first kappa shape index (κ1) is 41.8. The number of ether oxygens (including phenoxy) is 1. The number of likely N-dealkylation sites (tertiary alicyclic amines) is 1. The smallest absolute Gasteiger partial charge is 0.309 e. The van der Waals surface area contributed by atoms with Crippen molar-refractivity contribution in [2.75, 3.05) is 13.1 Å². The number of carbonyl (C=O) groups excluding carboxylic acids is 3. The van der Waals surface area contributed by atoms with E-state index in [4.69, 9.17) is 4.74 Å². The summed E-state index contributed by atoms with van der Waals surface area (Å²) in [6.07, 6.45) is 14.0. The van der Waals surface area contributed by atoms with Crippen LogP contribution in [0.1, 0.15) is 166 Å². The minimum absolute atomic E-state index is 0.0193. The molecule has 0 aromatic rings. The van der Waals surface area contributed by atoms with Crippen LogP contribution in [-0.2, 0) is 23.9 Å². The van der Waals surface area contributed by atoms with Crippen molar-refractivity contribution in [1.82, 2.24) is 10.2 Å². The van der Waals surface area contributed by atoms with Crippen LogP contribution in [0.5, 0.6) is 0 Å². The predicted octanol–water partition coefficient (Wildman–Crippen LogP) is 9.60. The average molecular weight is 777 g/mol. The fourth-order valence-electron chi connectivity index (χ4n) is 15.6. The molecule has 7 aliphatic rings. The molecule has 0 spiro atoms. The summed E-state index contributed by atoms with van der Waals surface area (Å²) in [5.74, 6) is 1.12. The Labute approximate surface area is 338 Å². The van der Waals surface area contributed by atoms with Crippen molar-refractivity contribution >= 4 is 23.8 Å². The number of nitrogens with zero attached hydrogens (tertiary/aromatic N) is 1. The van der Waals surface area contributed by atoms with Crippen molar-refractivity contribution in [1.29, 1.82) is 0 Å². The number of fused-ring (bicyclic) bond motifs is 7. The highest BCUT2D eigenvalue weighted by atomic mass is 16.5. The maximum absolute atomic E-state index is 15.0. The number of rotatable bonds is 8. The third-order valence-electron chi connectivity index (χ3n) is 19.4. The molecule has 7 rings (SSSR count). The normalized spacial score (nSPS) is 43.8. The van der Waals surface area contributed by atoms with Gasteiger partial charge in [-0.25, -0.2) is 0 Å². The van der Waals surface area contributed by atoms with Gasteiger partial charge in [-0.2, -0.15) is 0 Å². The van der Waals surface area contributed by atoms with E-state index in [-0.39, 0.29) is 63.4 Å². The van der Waals surface area contributed by atoms with E-state index in [2.05, 4.69) is 72.2 Å². The highest BCUT2D eigenvalue weighted by Gasteiger charge is 2.72. The molecule has 0 aromatic carbocycles.